The van der Waals surface area contributed by atoms with Gasteiger partial charge in [0.2, 0.25) is 5.88 Å². The third-order valence-corrected chi connectivity index (χ3v) is 2.36. The van der Waals surface area contributed by atoms with Crippen molar-refractivity contribution in [1.82, 2.24) is 9.78 Å². The molecule has 2 rings (SSSR count). The van der Waals surface area contributed by atoms with Gasteiger partial charge in [-0.15, -0.1) is 0 Å². The fraction of sp³-hybridized carbons (Fsp3) is 0.667. The standard InChI is InChI=1S/C9H14N2O2/c1-3-7-4-10-11-5-8(12-2)6-13-9(7)11/h4,8H,3,5-6H2,1-2H3. The van der Waals surface area contributed by atoms with E-state index in [1.54, 1.807) is 7.11 Å². The van der Waals surface area contributed by atoms with Crippen molar-refractivity contribution in [3.05, 3.63) is 11.8 Å². The van der Waals surface area contributed by atoms with E-state index >= 15 is 0 Å². The van der Waals surface area contributed by atoms with Crippen LogP contribution in [0.2, 0.25) is 0 Å². The lowest BCUT2D eigenvalue weighted by molar-refractivity contribution is 0.0175. The van der Waals surface area contributed by atoms with E-state index in [1.807, 2.05) is 10.9 Å². The van der Waals surface area contributed by atoms with E-state index in [4.69, 9.17) is 9.47 Å². The summed E-state index contributed by atoms with van der Waals surface area (Å²) in [5.74, 6) is 0.913. The molecule has 2 heterocycles. The average Bonchev–Trinajstić information content (AvgIpc) is 2.59. The van der Waals surface area contributed by atoms with Crippen LogP contribution in [-0.4, -0.2) is 29.6 Å². The number of nitrogens with zero attached hydrogens (tertiary/aromatic N) is 2. The van der Waals surface area contributed by atoms with Gasteiger partial charge in [-0.2, -0.15) is 5.10 Å². The van der Waals surface area contributed by atoms with Gasteiger partial charge < -0.3 is 9.47 Å². The van der Waals surface area contributed by atoms with Gasteiger partial charge in [-0.3, -0.25) is 0 Å². The van der Waals surface area contributed by atoms with Crippen LogP contribution in [0.25, 0.3) is 0 Å². The van der Waals surface area contributed by atoms with Crippen LogP contribution in [0.3, 0.4) is 0 Å². The summed E-state index contributed by atoms with van der Waals surface area (Å²) in [4.78, 5) is 0. The molecule has 13 heavy (non-hydrogen) atoms. The SMILES string of the molecule is CCc1cnn2c1OCC(OC)C2. The molecule has 0 saturated heterocycles. The number of methoxy groups -OCH3 is 1. The largest absolute Gasteiger partial charge is 0.475 e. The number of ether oxygens (including phenoxy) is 2. The molecule has 0 amide bonds. The summed E-state index contributed by atoms with van der Waals surface area (Å²) in [5, 5.41) is 4.24. The third kappa shape index (κ3) is 1.42. The van der Waals surface area contributed by atoms with Gasteiger partial charge in [-0.05, 0) is 6.42 Å². The second kappa shape index (κ2) is 3.38. The zero-order valence-electron chi connectivity index (χ0n) is 7.99. The maximum absolute atomic E-state index is 5.56. The molecule has 1 aliphatic heterocycles. The normalized spacial score (nSPS) is 20.9. The van der Waals surface area contributed by atoms with E-state index in [-0.39, 0.29) is 6.10 Å². The minimum absolute atomic E-state index is 0.136. The molecule has 1 unspecified atom stereocenters. The molecule has 1 aromatic rings. The summed E-state index contributed by atoms with van der Waals surface area (Å²) < 4.78 is 12.6. The molecule has 4 heteroatoms. The van der Waals surface area contributed by atoms with Crippen LogP contribution in [-0.2, 0) is 17.7 Å². The number of fused-ring (bicyclic) bond motifs is 1. The van der Waals surface area contributed by atoms with Crippen LogP contribution in [0.15, 0.2) is 6.20 Å². The van der Waals surface area contributed by atoms with E-state index in [2.05, 4.69) is 12.0 Å². The highest BCUT2D eigenvalue weighted by atomic mass is 16.5. The molecule has 4 nitrogen and oxygen atoms in total. The lowest BCUT2D eigenvalue weighted by Gasteiger charge is -2.23. The second-order valence-electron chi connectivity index (χ2n) is 3.18. The summed E-state index contributed by atoms with van der Waals surface area (Å²) >= 11 is 0. The monoisotopic (exact) mass is 182 g/mol. The predicted molar refractivity (Wildman–Crippen MR) is 47.9 cm³/mol. The molecule has 0 fully saturated rings. The summed E-state index contributed by atoms with van der Waals surface area (Å²) in [7, 11) is 1.70. The third-order valence-electron chi connectivity index (χ3n) is 2.36. The van der Waals surface area contributed by atoms with Crippen LogP contribution in [0.1, 0.15) is 12.5 Å². The number of hydrogen-bond donors (Lipinski definition) is 0. The van der Waals surface area contributed by atoms with E-state index in [0.29, 0.717) is 6.61 Å². The maximum atomic E-state index is 5.56. The Labute approximate surface area is 77.4 Å². The van der Waals surface area contributed by atoms with Crippen molar-refractivity contribution in [1.29, 1.82) is 0 Å². The van der Waals surface area contributed by atoms with Gasteiger partial charge in [0.25, 0.3) is 0 Å². The van der Waals surface area contributed by atoms with Crippen LogP contribution in [0, 0.1) is 0 Å². The van der Waals surface area contributed by atoms with Crippen molar-refractivity contribution in [2.24, 2.45) is 0 Å². The van der Waals surface area contributed by atoms with Crippen molar-refractivity contribution >= 4 is 0 Å². The molecule has 1 aromatic heterocycles. The lowest BCUT2D eigenvalue weighted by atomic mass is 10.2. The van der Waals surface area contributed by atoms with Crippen molar-refractivity contribution in [2.45, 2.75) is 26.0 Å². The molecule has 0 N–H and O–H groups in total. The first-order valence-corrected chi connectivity index (χ1v) is 4.55. The van der Waals surface area contributed by atoms with Gasteiger partial charge in [0.1, 0.15) is 12.7 Å². The Hall–Kier alpha value is -1.03. The minimum Gasteiger partial charge on any atom is -0.475 e. The summed E-state index contributed by atoms with van der Waals surface area (Å²) in [6.07, 6.45) is 2.97. The Kier molecular flexibility index (Phi) is 2.22. The van der Waals surface area contributed by atoms with Gasteiger partial charge in [0.15, 0.2) is 0 Å². The van der Waals surface area contributed by atoms with Gasteiger partial charge in [-0.1, -0.05) is 6.92 Å². The lowest BCUT2D eigenvalue weighted by Crippen LogP contribution is -2.32. The molecule has 1 atom stereocenters. The number of rotatable bonds is 2. The Morgan fingerprint density at radius 2 is 2.62 bits per heavy atom. The molecular formula is C9H14N2O2. The Morgan fingerprint density at radius 3 is 3.31 bits per heavy atom. The maximum Gasteiger partial charge on any atom is 0.215 e. The highest BCUT2D eigenvalue weighted by molar-refractivity contribution is 5.25. The fourth-order valence-corrected chi connectivity index (χ4v) is 1.51. The van der Waals surface area contributed by atoms with E-state index in [0.717, 1.165) is 18.8 Å². The number of aryl methyl sites for hydroxylation is 1. The highest BCUT2D eigenvalue weighted by Gasteiger charge is 2.21. The van der Waals surface area contributed by atoms with Crippen molar-refractivity contribution in [3.8, 4) is 5.88 Å². The first kappa shape index (κ1) is 8.56. The second-order valence-corrected chi connectivity index (χ2v) is 3.18. The number of aromatic nitrogens is 2. The summed E-state index contributed by atoms with van der Waals surface area (Å²) in [6.45, 7) is 3.53. The van der Waals surface area contributed by atoms with E-state index in [1.165, 1.54) is 5.56 Å². The van der Waals surface area contributed by atoms with E-state index < -0.39 is 0 Å². The minimum atomic E-state index is 0.136. The van der Waals surface area contributed by atoms with Crippen molar-refractivity contribution in [2.75, 3.05) is 13.7 Å². The van der Waals surface area contributed by atoms with Crippen molar-refractivity contribution < 1.29 is 9.47 Å². The first-order chi connectivity index (χ1) is 6.35. The van der Waals surface area contributed by atoms with Crippen LogP contribution < -0.4 is 4.74 Å². The van der Waals surface area contributed by atoms with Gasteiger partial charge in [0.05, 0.1) is 12.7 Å². The van der Waals surface area contributed by atoms with E-state index in [9.17, 15) is 0 Å². The summed E-state index contributed by atoms with van der Waals surface area (Å²) in [6, 6.07) is 0. The smallest absolute Gasteiger partial charge is 0.215 e. The van der Waals surface area contributed by atoms with Gasteiger partial charge in [0, 0.05) is 12.7 Å². The molecule has 0 aromatic carbocycles. The predicted octanol–water partition coefficient (Wildman–Crippen LogP) is 0.853. The van der Waals surface area contributed by atoms with Gasteiger partial charge in [-0.25, -0.2) is 4.68 Å². The van der Waals surface area contributed by atoms with Crippen molar-refractivity contribution in [3.63, 3.8) is 0 Å². The average molecular weight is 182 g/mol. The first-order valence-electron chi connectivity index (χ1n) is 4.55. The summed E-state index contributed by atoms with van der Waals surface area (Å²) in [5.41, 5.74) is 1.18. The van der Waals surface area contributed by atoms with Crippen LogP contribution in [0.5, 0.6) is 5.88 Å². The molecule has 0 radical (unpaired) electrons. The molecule has 1 aliphatic rings. The quantitative estimate of drug-likeness (QED) is 0.680. The zero-order valence-corrected chi connectivity index (χ0v) is 7.99. The topological polar surface area (TPSA) is 36.3 Å². The van der Waals surface area contributed by atoms with Crippen LogP contribution in [0.4, 0.5) is 0 Å². The molecule has 72 valence electrons. The fourth-order valence-electron chi connectivity index (χ4n) is 1.51. The Balaban J connectivity index is 2.22. The Bertz CT molecular complexity index is 296. The molecule has 0 aliphatic carbocycles. The molecule has 0 spiro atoms. The molecule has 0 saturated carbocycles. The van der Waals surface area contributed by atoms with Crippen LogP contribution >= 0.6 is 0 Å². The van der Waals surface area contributed by atoms with Gasteiger partial charge >= 0.3 is 0 Å². The number of hydrogen-bond acceptors (Lipinski definition) is 3. The highest BCUT2D eigenvalue weighted by Crippen LogP contribution is 2.23. The molecular weight excluding hydrogens is 168 g/mol. The Morgan fingerprint density at radius 1 is 1.77 bits per heavy atom. The zero-order chi connectivity index (χ0) is 9.26. The molecule has 0 bridgehead atoms.